The van der Waals surface area contributed by atoms with Crippen LogP contribution in [0, 0.1) is 6.92 Å². The van der Waals surface area contributed by atoms with Gasteiger partial charge in [0.2, 0.25) is 0 Å². The third-order valence-electron chi connectivity index (χ3n) is 3.35. The second kappa shape index (κ2) is 6.62. The van der Waals surface area contributed by atoms with Gasteiger partial charge in [-0.3, -0.25) is 0 Å². The lowest BCUT2D eigenvalue weighted by molar-refractivity contribution is -0.254. The molecule has 23 heavy (non-hydrogen) atoms. The third-order valence-corrected chi connectivity index (χ3v) is 4.46. The summed E-state index contributed by atoms with van der Waals surface area (Å²) in [6.07, 6.45) is 0. The van der Waals surface area contributed by atoms with Gasteiger partial charge in [0.15, 0.2) is 0 Å². The summed E-state index contributed by atoms with van der Waals surface area (Å²) in [5, 5.41) is 11.6. The minimum Gasteiger partial charge on any atom is -0.544 e. The fourth-order valence-electron chi connectivity index (χ4n) is 2.29. The Morgan fingerprint density at radius 3 is 2.52 bits per heavy atom. The van der Waals surface area contributed by atoms with E-state index in [-0.39, 0.29) is 11.5 Å². The molecule has 2 aromatic carbocycles. The van der Waals surface area contributed by atoms with Crippen molar-refractivity contribution in [2.24, 2.45) is 0 Å². The fraction of sp³-hybridized carbons (Fsp3) is 0.111. The normalized spacial score (nSPS) is 10.5. The Balaban J connectivity index is 1.82. The monoisotopic (exact) mass is 324 g/mol. The lowest BCUT2D eigenvalue weighted by Gasteiger charge is -2.10. The second-order valence-electron chi connectivity index (χ2n) is 4.96. The molecule has 5 heteroatoms. The van der Waals surface area contributed by atoms with Crippen LogP contribution in [0.5, 0.6) is 5.75 Å². The van der Waals surface area contributed by atoms with E-state index in [0.29, 0.717) is 10.7 Å². The van der Waals surface area contributed by atoms with Crippen LogP contribution in [0.25, 0.3) is 11.1 Å². The highest BCUT2D eigenvalue weighted by molar-refractivity contribution is 7.13. The number of para-hydroxylation sites is 1. The van der Waals surface area contributed by atoms with Crippen LogP contribution in [-0.4, -0.2) is 11.0 Å². The van der Waals surface area contributed by atoms with Crippen LogP contribution >= 0.6 is 11.3 Å². The summed E-state index contributed by atoms with van der Waals surface area (Å²) in [7, 11) is 0. The van der Waals surface area contributed by atoms with Gasteiger partial charge < -0.3 is 14.6 Å². The zero-order chi connectivity index (χ0) is 16.2. The van der Waals surface area contributed by atoms with E-state index in [1.807, 2.05) is 54.6 Å². The molecule has 0 radical (unpaired) electrons. The van der Waals surface area contributed by atoms with E-state index >= 15 is 0 Å². The van der Waals surface area contributed by atoms with Crippen molar-refractivity contribution in [3.8, 4) is 16.9 Å². The van der Waals surface area contributed by atoms with Crippen molar-refractivity contribution >= 4 is 17.3 Å². The Morgan fingerprint density at radius 2 is 1.83 bits per heavy atom. The number of hydrogen-bond donors (Lipinski definition) is 0. The van der Waals surface area contributed by atoms with Crippen molar-refractivity contribution in [3.63, 3.8) is 0 Å². The predicted molar refractivity (Wildman–Crippen MR) is 87.4 cm³/mol. The minimum absolute atomic E-state index is 0.153. The number of ether oxygens (including phenoxy) is 1. The number of carbonyl (C=O) groups is 1. The molecule has 0 fully saturated rings. The van der Waals surface area contributed by atoms with Crippen LogP contribution in [0.4, 0.5) is 0 Å². The molecule has 0 N–H and O–H groups in total. The van der Waals surface area contributed by atoms with Gasteiger partial charge in [0, 0.05) is 5.56 Å². The summed E-state index contributed by atoms with van der Waals surface area (Å²) in [5.41, 5.74) is 2.51. The molecule has 0 amide bonds. The van der Waals surface area contributed by atoms with Gasteiger partial charge in [-0.05, 0) is 18.6 Å². The summed E-state index contributed by atoms with van der Waals surface area (Å²) in [6, 6.07) is 17.7. The maximum Gasteiger partial charge on any atom is 0.140 e. The zero-order valence-electron chi connectivity index (χ0n) is 12.5. The zero-order valence-corrected chi connectivity index (χ0v) is 13.3. The lowest BCUT2D eigenvalue weighted by atomic mass is 10.1. The van der Waals surface area contributed by atoms with Crippen molar-refractivity contribution in [2.45, 2.75) is 13.5 Å². The standard InChI is InChI=1S/C18H15NO3S/c1-12-17(18(20)21)23-16(19-12)11-22-15-10-6-5-9-14(15)13-7-3-2-4-8-13/h2-10H,11H2,1H3,(H,20,21)/p-1. The van der Waals surface area contributed by atoms with Gasteiger partial charge in [0.05, 0.1) is 16.5 Å². The molecule has 3 aromatic rings. The number of hydrogen-bond acceptors (Lipinski definition) is 5. The fourth-order valence-corrected chi connectivity index (χ4v) is 3.10. The molecule has 4 nitrogen and oxygen atoms in total. The van der Waals surface area contributed by atoms with Crippen molar-refractivity contribution in [1.29, 1.82) is 0 Å². The number of aryl methyl sites for hydroxylation is 1. The lowest BCUT2D eigenvalue weighted by Crippen LogP contribution is -2.21. The van der Waals surface area contributed by atoms with Gasteiger partial charge in [-0.2, -0.15) is 0 Å². The van der Waals surface area contributed by atoms with Gasteiger partial charge in [-0.15, -0.1) is 11.3 Å². The average molecular weight is 324 g/mol. The highest BCUT2D eigenvalue weighted by Gasteiger charge is 2.10. The Morgan fingerprint density at radius 1 is 1.13 bits per heavy atom. The summed E-state index contributed by atoms with van der Waals surface area (Å²) in [6.45, 7) is 1.88. The number of thiazole rings is 1. The number of aromatic carboxylic acids is 1. The Kier molecular flexibility index (Phi) is 4.39. The number of rotatable bonds is 5. The van der Waals surface area contributed by atoms with Gasteiger partial charge in [-0.1, -0.05) is 48.5 Å². The Bertz CT molecular complexity index is 827. The smallest absolute Gasteiger partial charge is 0.140 e. The maximum absolute atomic E-state index is 11.0. The van der Waals surface area contributed by atoms with Crippen molar-refractivity contribution in [2.75, 3.05) is 0 Å². The molecule has 0 saturated heterocycles. The largest absolute Gasteiger partial charge is 0.544 e. The van der Waals surface area contributed by atoms with E-state index in [2.05, 4.69) is 4.98 Å². The Hall–Kier alpha value is -2.66. The number of nitrogens with zero attached hydrogens (tertiary/aromatic N) is 1. The molecule has 0 unspecified atom stereocenters. The van der Waals surface area contributed by atoms with Gasteiger partial charge in [-0.25, -0.2) is 4.98 Å². The van der Waals surface area contributed by atoms with E-state index < -0.39 is 5.97 Å². The third kappa shape index (κ3) is 3.40. The summed E-state index contributed by atoms with van der Waals surface area (Å²) >= 11 is 1.09. The van der Waals surface area contributed by atoms with E-state index in [1.165, 1.54) is 0 Å². The topological polar surface area (TPSA) is 62.2 Å². The van der Waals surface area contributed by atoms with E-state index in [1.54, 1.807) is 6.92 Å². The van der Waals surface area contributed by atoms with E-state index in [9.17, 15) is 9.90 Å². The highest BCUT2D eigenvalue weighted by atomic mass is 32.1. The molecule has 0 aliphatic rings. The second-order valence-corrected chi connectivity index (χ2v) is 6.04. The molecule has 116 valence electrons. The quantitative estimate of drug-likeness (QED) is 0.723. The Labute approximate surface area is 138 Å². The molecule has 0 atom stereocenters. The van der Waals surface area contributed by atoms with Gasteiger partial charge in [0.25, 0.3) is 0 Å². The summed E-state index contributed by atoms with van der Waals surface area (Å²) < 4.78 is 5.86. The summed E-state index contributed by atoms with van der Waals surface area (Å²) in [5.74, 6) is -0.461. The molecular weight excluding hydrogens is 310 g/mol. The molecule has 0 bridgehead atoms. The first-order valence-electron chi connectivity index (χ1n) is 7.10. The molecule has 1 heterocycles. The minimum atomic E-state index is -1.20. The first-order valence-corrected chi connectivity index (χ1v) is 7.91. The molecule has 0 saturated carbocycles. The van der Waals surface area contributed by atoms with Gasteiger partial charge in [0.1, 0.15) is 17.4 Å². The predicted octanol–water partition coefficient (Wildman–Crippen LogP) is 3.06. The number of carbonyl (C=O) groups excluding carboxylic acids is 1. The van der Waals surface area contributed by atoms with Crippen molar-refractivity contribution in [3.05, 3.63) is 70.2 Å². The number of carboxylic acid groups (broad SMARTS) is 1. The first-order chi connectivity index (χ1) is 11.1. The molecular formula is C18H14NO3S-. The van der Waals surface area contributed by atoms with Gasteiger partial charge >= 0.3 is 0 Å². The van der Waals surface area contributed by atoms with Crippen LogP contribution in [0.2, 0.25) is 0 Å². The SMILES string of the molecule is Cc1nc(COc2ccccc2-c2ccccc2)sc1C(=O)[O-]. The van der Waals surface area contributed by atoms with E-state index in [4.69, 9.17) is 4.74 Å². The van der Waals surface area contributed by atoms with Crippen molar-refractivity contribution < 1.29 is 14.6 Å². The first kappa shape index (κ1) is 15.2. The average Bonchev–Trinajstić information content (AvgIpc) is 2.95. The molecule has 0 aliphatic heterocycles. The molecule has 0 spiro atoms. The number of aromatic nitrogens is 1. The van der Waals surface area contributed by atoms with Crippen LogP contribution in [0.1, 0.15) is 20.4 Å². The van der Waals surface area contributed by atoms with Crippen LogP contribution in [0.3, 0.4) is 0 Å². The number of benzene rings is 2. The van der Waals surface area contributed by atoms with E-state index in [0.717, 1.165) is 28.2 Å². The van der Waals surface area contributed by atoms with Crippen molar-refractivity contribution in [1.82, 2.24) is 4.98 Å². The van der Waals surface area contributed by atoms with Crippen LogP contribution in [-0.2, 0) is 6.61 Å². The molecule has 0 aliphatic carbocycles. The highest BCUT2D eigenvalue weighted by Crippen LogP contribution is 2.30. The molecule has 1 aromatic heterocycles. The maximum atomic E-state index is 11.0. The summed E-state index contributed by atoms with van der Waals surface area (Å²) in [4.78, 5) is 15.3. The van der Waals surface area contributed by atoms with Crippen LogP contribution in [0.15, 0.2) is 54.6 Å². The molecule has 3 rings (SSSR count). The van der Waals surface area contributed by atoms with Crippen LogP contribution < -0.4 is 9.84 Å². The number of carboxylic acids is 1.